The van der Waals surface area contributed by atoms with E-state index in [4.69, 9.17) is 9.47 Å². The van der Waals surface area contributed by atoms with E-state index in [1.165, 1.54) is 44.2 Å². The molecule has 1 amide bonds. The number of amides is 1. The standard InChI is InChI=1S/C21H26N2O4/c1-3-4-5-6-16-7-9-18(10-8-16)27-15-21(25)23-22-14-17-13-19(26-2)11-12-20(17)24/h7-14,24H,3-6,15H2,1-2H3,(H,23,25). The Labute approximate surface area is 159 Å². The monoisotopic (exact) mass is 370 g/mol. The predicted molar refractivity (Wildman–Crippen MR) is 106 cm³/mol. The summed E-state index contributed by atoms with van der Waals surface area (Å²) < 4.78 is 10.5. The smallest absolute Gasteiger partial charge is 0.277 e. The highest BCUT2D eigenvalue weighted by Crippen LogP contribution is 2.21. The molecule has 27 heavy (non-hydrogen) atoms. The Bertz CT molecular complexity index is 757. The molecule has 0 saturated heterocycles. The predicted octanol–water partition coefficient (Wildman–Crippen LogP) is 3.66. The van der Waals surface area contributed by atoms with Gasteiger partial charge in [-0.05, 0) is 48.7 Å². The lowest BCUT2D eigenvalue weighted by molar-refractivity contribution is -0.123. The van der Waals surface area contributed by atoms with Crippen molar-refractivity contribution in [2.75, 3.05) is 13.7 Å². The third-order valence-corrected chi connectivity index (χ3v) is 3.99. The molecule has 0 aliphatic rings. The number of unbranched alkanes of at least 4 members (excludes halogenated alkanes) is 2. The van der Waals surface area contributed by atoms with Crippen LogP contribution >= 0.6 is 0 Å². The Morgan fingerprint density at radius 1 is 1.15 bits per heavy atom. The van der Waals surface area contributed by atoms with E-state index in [1.807, 2.05) is 24.3 Å². The van der Waals surface area contributed by atoms with Gasteiger partial charge in [0.15, 0.2) is 6.61 Å². The lowest BCUT2D eigenvalue weighted by atomic mass is 10.1. The van der Waals surface area contributed by atoms with E-state index in [0.29, 0.717) is 17.1 Å². The van der Waals surface area contributed by atoms with E-state index in [9.17, 15) is 9.90 Å². The summed E-state index contributed by atoms with van der Waals surface area (Å²) in [6.45, 7) is 2.04. The number of nitrogens with zero attached hydrogens (tertiary/aromatic N) is 1. The number of phenolic OH excluding ortho intramolecular Hbond substituents is 1. The molecule has 2 aromatic carbocycles. The number of methoxy groups -OCH3 is 1. The Hall–Kier alpha value is -3.02. The summed E-state index contributed by atoms with van der Waals surface area (Å²) in [5.74, 6) is 0.880. The molecule has 0 heterocycles. The molecule has 0 atom stereocenters. The van der Waals surface area contributed by atoms with Crippen molar-refractivity contribution in [2.24, 2.45) is 5.10 Å². The van der Waals surface area contributed by atoms with Crippen LogP contribution in [0, 0.1) is 0 Å². The zero-order chi connectivity index (χ0) is 19.5. The van der Waals surface area contributed by atoms with Gasteiger partial charge in [-0.25, -0.2) is 5.43 Å². The van der Waals surface area contributed by atoms with Crippen LogP contribution in [-0.2, 0) is 11.2 Å². The highest BCUT2D eigenvalue weighted by molar-refractivity contribution is 5.85. The number of ether oxygens (including phenoxy) is 2. The molecule has 2 aromatic rings. The average molecular weight is 370 g/mol. The molecule has 0 radical (unpaired) electrons. The van der Waals surface area contributed by atoms with Crippen LogP contribution in [0.2, 0.25) is 0 Å². The number of carbonyl (C=O) groups is 1. The van der Waals surface area contributed by atoms with Gasteiger partial charge < -0.3 is 14.6 Å². The van der Waals surface area contributed by atoms with Crippen LogP contribution in [0.4, 0.5) is 0 Å². The highest BCUT2D eigenvalue weighted by Gasteiger charge is 2.03. The van der Waals surface area contributed by atoms with Gasteiger partial charge in [-0.15, -0.1) is 0 Å². The van der Waals surface area contributed by atoms with Gasteiger partial charge in [-0.3, -0.25) is 4.79 Å². The van der Waals surface area contributed by atoms with Crippen molar-refractivity contribution in [1.29, 1.82) is 0 Å². The average Bonchev–Trinajstić information content (AvgIpc) is 2.69. The van der Waals surface area contributed by atoms with Crippen LogP contribution < -0.4 is 14.9 Å². The summed E-state index contributed by atoms with van der Waals surface area (Å²) in [6, 6.07) is 12.5. The molecule has 0 bridgehead atoms. The minimum atomic E-state index is -0.388. The number of hydrazone groups is 1. The van der Waals surface area contributed by atoms with Crippen molar-refractivity contribution < 1.29 is 19.4 Å². The minimum Gasteiger partial charge on any atom is -0.507 e. The van der Waals surface area contributed by atoms with Crippen molar-refractivity contribution >= 4 is 12.1 Å². The first-order chi connectivity index (χ1) is 13.1. The van der Waals surface area contributed by atoms with Crippen molar-refractivity contribution in [2.45, 2.75) is 32.6 Å². The Kier molecular flexibility index (Phi) is 8.16. The lowest BCUT2D eigenvalue weighted by Crippen LogP contribution is -2.24. The minimum absolute atomic E-state index is 0.0454. The number of aromatic hydroxyl groups is 1. The number of phenols is 1. The lowest BCUT2D eigenvalue weighted by Gasteiger charge is -2.06. The molecule has 0 spiro atoms. The molecule has 0 saturated carbocycles. The van der Waals surface area contributed by atoms with Gasteiger partial charge in [0.1, 0.15) is 17.2 Å². The van der Waals surface area contributed by atoms with Gasteiger partial charge in [0, 0.05) is 5.56 Å². The van der Waals surface area contributed by atoms with Crippen LogP contribution in [-0.4, -0.2) is 30.9 Å². The van der Waals surface area contributed by atoms with Crippen molar-refractivity contribution in [3.05, 3.63) is 53.6 Å². The molecule has 0 aromatic heterocycles. The Morgan fingerprint density at radius 2 is 1.89 bits per heavy atom. The van der Waals surface area contributed by atoms with E-state index in [2.05, 4.69) is 17.5 Å². The summed E-state index contributed by atoms with van der Waals surface area (Å²) in [5, 5.41) is 13.6. The molecule has 0 fully saturated rings. The van der Waals surface area contributed by atoms with E-state index >= 15 is 0 Å². The van der Waals surface area contributed by atoms with Crippen LogP contribution in [0.1, 0.15) is 37.3 Å². The first-order valence-electron chi connectivity index (χ1n) is 9.03. The van der Waals surface area contributed by atoms with E-state index < -0.39 is 0 Å². The van der Waals surface area contributed by atoms with Crippen molar-refractivity contribution in [1.82, 2.24) is 5.43 Å². The molecule has 6 heteroatoms. The van der Waals surface area contributed by atoms with Gasteiger partial charge in [0.05, 0.1) is 13.3 Å². The van der Waals surface area contributed by atoms with E-state index in [-0.39, 0.29) is 18.3 Å². The van der Waals surface area contributed by atoms with Crippen molar-refractivity contribution in [3.8, 4) is 17.2 Å². The van der Waals surface area contributed by atoms with Crippen LogP contribution in [0.3, 0.4) is 0 Å². The number of carbonyl (C=O) groups excluding carboxylic acids is 1. The molecular weight excluding hydrogens is 344 g/mol. The van der Waals surface area contributed by atoms with Crippen LogP contribution in [0.15, 0.2) is 47.6 Å². The summed E-state index contributed by atoms with van der Waals surface area (Å²) in [5.41, 5.74) is 4.07. The normalized spacial score (nSPS) is 10.7. The largest absolute Gasteiger partial charge is 0.507 e. The summed E-state index contributed by atoms with van der Waals surface area (Å²) in [6.07, 6.45) is 6.02. The van der Waals surface area contributed by atoms with E-state index in [0.717, 1.165) is 6.42 Å². The van der Waals surface area contributed by atoms with Gasteiger partial charge >= 0.3 is 0 Å². The van der Waals surface area contributed by atoms with Gasteiger partial charge in [-0.2, -0.15) is 5.10 Å². The molecule has 6 nitrogen and oxygen atoms in total. The maximum Gasteiger partial charge on any atom is 0.277 e. The second-order valence-electron chi connectivity index (χ2n) is 6.11. The van der Waals surface area contributed by atoms with Crippen LogP contribution in [0.25, 0.3) is 0 Å². The number of hydrogen-bond acceptors (Lipinski definition) is 5. The fourth-order valence-corrected chi connectivity index (χ4v) is 2.45. The molecule has 144 valence electrons. The molecule has 0 aliphatic carbocycles. The number of benzene rings is 2. The fraction of sp³-hybridized carbons (Fsp3) is 0.333. The quantitative estimate of drug-likeness (QED) is 0.380. The first-order valence-corrected chi connectivity index (χ1v) is 9.03. The zero-order valence-electron chi connectivity index (χ0n) is 15.8. The van der Waals surface area contributed by atoms with Gasteiger partial charge in [-0.1, -0.05) is 31.9 Å². The molecular formula is C21H26N2O4. The number of hydrogen-bond donors (Lipinski definition) is 2. The summed E-state index contributed by atoms with van der Waals surface area (Å²) >= 11 is 0. The molecule has 2 N–H and O–H groups in total. The maximum absolute atomic E-state index is 11.8. The summed E-state index contributed by atoms with van der Waals surface area (Å²) in [4.78, 5) is 11.8. The molecule has 0 aliphatic heterocycles. The second-order valence-corrected chi connectivity index (χ2v) is 6.11. The van der Waals surface area contributed by atoms with Gasteiger partial charge in [0.2, 0.25) is 0 Å². The first kappa shape index (κ1) is 20.3. The maximum atomic E-state index is 11.8. The topological polar surface area (TPSA) is 80.2 Å². The van der Waals surface area contributed by atoms with E-state index in [1.54, 1.807) is 12.1 Å². The molecule has 2 rings (SSSR count). The molecule has 0 unspecified atom stereocenters. The Balaban J connectivity index is 1.77. The fourth-order valence-electron chi connectivity index (χ4n) is 2.45. The third-order valence-electron chi connectivity index (χ3n) is 3.99. The number of aryl methyl sites for hydroxylation is 1. The SMILES string of the molecule is CCCCCc1ccc(OCC(=O)NN=Cc2cc(OC)ccc2O)cc1. The zero-order valence-corrected chi connectivity index (χ0v) is 15.8. The third kappa shape index (κ3) is 7.01. The summed E-state index contributed by atoms with van der Waals surface area (Å²) in [7, 11) is 1.53. The Morgan fingerprint density at radius 3 is 2.59 bits per heavy atom. The number of nitrogens with one attached hydrogen (secondary N) is 1. The number of rotatable bonds is 10. The van der Waals surface area contributed by atoms with Gasteiger partial charge in [0.25, 0.3) is 5.91 Å². The highest BCUT2D eigenvalue weighted by atomic mass is 16.5. The second kappa shape index (κ2) is 10.9. The van der Waals surface area contributed by atoms with Crippen molar-refractivity contribution in [3.63, 3.8) is 0 Å². The van der Waals surface area contributed by atoms with Crippen LogP contribution in [0.5, 0.6) is 17.2 Å².